The number of carbonyl (C=O) groups excluding carboxylic acids is 2. The number of hydrogen-bond acceptors (Lipinski definition) is 4. The zero-order chi connectivity index (χ0) is 21.8. The summed E-state index contributed by atoms with van der Waals surface area (Å²) in [5, 5.41) is 23.3. The number of unbranched alkanes of at least 4 members (excludes halogenated alkanes) is 16. The van der Waals surface area contributed by atoms with E-state index in [9.17, 15) is 19.8 Å². The van der Waals surface area contributed by atoms with E-state index in [1.165, 1.54) is 64.2 Å². The van der Waals surface area contributed by atoms with Gasteiger partial charge < -0.3 is 19.8 Å². The van der Waals surface area contributed by atoms with Gasteiger partial charge in [-0.1, -0.05) is 129 Å². The van der Waals surface area contributed by atoms with Gasteiger partial charge in [-0.2, -0.15) is 0 Å². The molecule has 4 nitrogen and oxygen atoms in total. The van der Waals surface area contributed by atoms with E-state index in [0.29, 0.717) is 12.8 Å². The van der Waals surface area contributed by atoms with Crippen LogP contribution < -0.4 is 113 Å². The molecule has 0 amide bonds. The van der Waals surface area contributed by atoms with Crippen molar-refractivity contribution in [1.29, 1.82) is 0 Å². The van der Waals surface area contributed by atoms with Crippen molar-refractivity contribution in [3.8, 4) is 0 Å². The molecule has 172 valence electrons. The van der Waals surface area contributed by atoms with E-state index in [2.05, 4.69) is 13.8 Å². The van der Waals surface area contributed by atoms with E-state index in [4.69, 9.17) is 0 Å². The minimum atomic E-state index is -1.80. The predicted molar refractivity (Wildman–Crippen MR) is 116 cm³/mol. The van der Waals surface area contributed by atoms with Gasteiger partial charge in [0.25, 0.3) is 0 Å². The molecule has 31 heavy (non-hydrogen) atoms. The third-order valence-electron chi connectivity index (χ3n) is 6.20. The van der Waals surface area contributed by atoms with Crippen LogP contribution in [0.15, 0.2) is 0 Å². The van der Waals surface area contributed by atoms with Crippen molar-refractivity contribution in [1.82, 2.24) is 0 Å². The summed E-state index contributed by atoms with van der Waals surface area (Å²) < 4.78 is 0. The Bertz CT molecular complexity index is 402. The van der Waals surface area contributed by atoms with Crippen molar-refractivity contribution in [3.05, 3.63) is 0 Å². The Morgan fingerprint density at radius 3 is 0.935 bits per heavy atom. The van der Waals surface area contributed by atoms with Crippen LogP contribution in [0, 0.1) is 5.41 Å². The Hall–Kier alpha value is 2.21. The molecule has 0 atom stereocenters. The standard InChI is InChI=1S/C25H48O4.2K/c1-3-5-7-9-11-13-14-16-18-20-22-25(23(26)27,24(28)29)21-19-17-15-12-10-8-6-4-2;;/h3-22H2,1-2H3,(H,26,27)(H,28,29);;/q;2*+1/p-2. The first-order valence-corrected chi connectivity index (χ1v) is 12.4. The number of rotatable bonds is 22. The van der Waals surface area contributed by atoms with Crippen LogP contribution in [0.4, 0.5) is 0 Å². The van der Waals surface area contributed by atoms with E-state index in [-0.39, 0.29) is 116 Å². The molecule has 0 bridgehead atoms. The van der Waals surface area contributed by atoms with Gasteiger partial charge in [-0.3, -0.25) is 0 Å². The Balaban J connectivity index is -0.00000392. The summed E-state index contributed by atoms with van der Waals surface area (Å²) in [7, 11) is 0. The van der Waals surface area contributed by atoms with Crippen LogP contribution in [0.5, 0.6) is 0 Å². The normalized spacial score (nSPS) is 10.9. The summed E-state index contributed by atoms with van der Waals surface area (Å²) in [5.41, 5.74) is -1.80. The molecule has 0 saturated carbocycles. The molecule has 0 aliphatic rings. The third kappa shape index (κ3) is 20.1. The first-order chi connectivity index (χ1) is 14.0. The fraction of sp³-hybridized carbons (Fsp3) is 0.920. The molecule has 0 fully saturated rings. The van der Waals surface area contributed by atoms with E-state index < -0.39 is 17.4 Å². The summed E-state index contributed by atoms with van der Waals surface area (Å²) in [4.78, 5) is 23.3. The van der Waals surface area contributed by atoms with Crippen LogP contribution in [-0.2, 0) is 9.59 Å². The second kappa shape index (κ2) is 26.8. The Labute approximate surface area is 277 Å². The van der Waals surface area contributed by atoms with Crippen molar-refractivity contribution in [2.24, 2.45) is 5.41 Å². The number of hydrogen-bond donors (Lipinski definition) is 0. The second-order valence-corrected chi connectivity index (χ2v) is 8.81. The van der Waals surface area contributed by atoms with Gasteiger partial charge >= 0.3 is 103 Å². The fourth-order valence-electron chi connectivity index (χ4n) is 4.09. The Kier molecular flexibility index (Phi) is 32.7. The molecule has 0 N–H and O–H groups in total. The van der Waals surface area contributed by atoms with Crippen molar-refractivity contribution < 1.29 is 123 Å². The minimum Gasteiger partial charge on any atom is -0.549 e. The average molecular weight is 489 g/mol. The molecular weight excluding hydrogens is 442 g/mol. The molecule has 6 heteroatoms. The van der Waals surface area contributed by atoms with E-state index in [0.717, 1.165) is 38.5 Å². The van der Waals surface area contributed by atoms with Gasteiger partial charge in [-0.25, -0.2) is 0 Å². The van der Waals surface area contributed by atoms with Crippen molar-refractivity contribution in [2.75, 3.05) is 0 Å². The van der Waals surface area contributed by atoms with Crippen molar-refractivity contribution in [3.63, 3.8) is 0 Å². The van der Waals surface area contributed by atoms with Crippen LogP contribution in [0.2, 0.25) is 0 Å². The summed E-state index contributed by atoms with van der Waals surface area (Å²) in [6.07, 6.45) is 20.3. The maximum Gasteiger partial charge on any atom is 1.00 e. The van der Waals surface area contributed by atoms with Gasteiger partial charge in [0, 0.05) is 5.41 Å². The predicted octanol–water partition coefficient (Wildman–Crippen LogP) is -0.678. The van der Waals surface area contributed by atoms with Crippen LogP contribution in [0.1, 0.15) is 142 Å². The largest absolute Gasteiger partial charge is 1.00 e. The van der Waals surface area contributed by atoms with Crippen LogP contribution in [-0.4, -0.2) is 11.9 Å². The number of carboxylic acid groups (broad SMARTS) is 2. The molecule has 0 aliphatic carbocycles. The Morgan fingerprint density at radius 2 is 0.710 bits per heavy atom. The third-order valence-corrected chi connectivity index (χ3v) is 6.20. The summed E-state index contributed by atoms with van der Waals surface area (Å²) in [5.74, 6) is -2.92. The molecular formula is C25H46K2O4. The van der Waals surface area contributed by atoms with Crippen molar-refractivity contribution >= 4 is 11.9 Å². The zero-order valence-corrected chi connectivity index (χ0v) is 27.5. The minimum absolute atomic E-state index is 0. The smallest absolute Gasteiger partial charge is 0.549 e. The molecule has 0 heterocycles. The van der Waals surface area contributed by atoms with Crippen molar-refractivity contribution in [2.45, 2.75) is 142 Å². The SMILES string of the molecule is CCCCCCCCCCCCC(CCCCCCCCCC)(C(=O)[O-])C(=O)[O-].[K+].[K+]. The van der Waals surface area contributed by atoms with Gasteiger partial charge in [-0.05, 0) is 12.8 Å². The van der Waals surface area contributed by atoms with Gasteiger partial charge in [-0.15, -0.1) is 0 Å². The number of carboxylic acids is 2. The van der Waals surface area contributed by atoms with E-state index in [1.807, 2.05) is 0 Å². The summed E-state index contributed by atoms with van der Waals surface area (Å²) in [6, 6.07) is 0. The molecule has 0 aromatic carbocycles. The molecule has 0 unspecified atom stereocenters. The molecule has 0 aromatic rings. The summed E-state index contributed by atoms with van der Waals surface area (Å²) >= 11 is 0. The van der Waals surface area contributed by atoms with Gasteiger partial charge in [0.05, 0.1) is 11.9 Å². The summed E-state index contributed by atoms with van der Waals surface area (Å²) in [6.45, 7) is 4.40. The van der Waals surface area contributed by atoms with Gasteiger partial charge in [0.2, 0.25) is 0 Å². The van der Waals surface area contributed by atoms with Crippen LogP contribution in [0.25, 0.3) is 0 Å². The van der Waals surface area contributed by atoms with Gasteiger partial charge in [0.1, 0.15) is 0 Å². The Morgan fingerprint density at radius 1 is 0.484 bits per heavy atom. The van der Waals surface area contributed by atoms with E-state index in [1.54, 1.807) is 0 Å². The first-order valence-electron chi connectivity index (χ1n) is 12.4. The van der Waals surface area contributed by atoms with E-state index >= 15 is 0 Å². The quantitative estimate of drug-likeness (QED) is 0.115. The zero-order valence-electron chi connectivity index (χ0n) is 21.3. The maximum atomic E-state index is 11.7. The average Bonchev–Trinajstić information content (AvgIpc) is 2.69. The maximum absolute atomic E-state index is 11.7. The van der Waals surface area contributed by atoms with Crippen LogP contribution in [0.3, 0.4) is 0 Å². The second-order valence-electron chi connectivity index (χ2n) is 8.81. The molecule has 0 aromatic heterocycles. The molecule has 0 saturated heterocycles. The van der Waals surface area contributed by atoms with Crippen LogP contribution >= 0.6 is 0 Å². The molecule has 0 aliphatic heterocycles. The number of aliphatic carboxylic acids is 2. The number of carbonyl (C=O) groups is 2. The topological polar surface area (TPSA) is 80.3 Å². The fourth-order valence-corrected chi connectivity index (χ4v) is 4.09. The molecule has 0 spiro atoms. The molecule has 0 radical (unpaired) electrons. The molecule has 0 rings (SSSR count). The monoisotopic (exact) mass is 488 g/mol. The first kappa shape index (κ1) is 37.8. The van der Waals surface area contributed by atoms with Gasteiger partial charge in [0.15, 0.2) is 0 Å².